The van der Waals surface area contributed by atoms with Gasteiger partial charge in [0.05, 0.1) is 11.5 Å². The van der Waals surface area contributed by atoms with Gasteiger partial charge in [-0.2, -0.15) is 0 Å². The number of ether oxygens (including phenoxy) is 1. The fourth-order valence-corrected chi connectivity index (χ4v) is 1.37. The van der Waals surface area contributed by atoms with Crippen molar-refractivity contribution in [3.05, 3.63) is 40.0 Å². The minimum Gasteiger partial charge on any atom is -0.507 e. The minimum atomic E-state index is -1.74. The number of aliphatic hydroxyl groups excluding tert-OH is 1. The summed E-state index contributed by atoms with van der Waals surface area (Å²) in [7, 11) is 0. The van der Waals surface area contributed by atoms with Crippen LogP contribution >= 0.6 is 0 Å². The lowest BCUT2D eigenvalue weighted by Gasteiger charge is -2.06. The predicted molar refractivity (Wildman–Crippen MR) is 67.5 cm³/mol. The summed E-state index contributed by atoms with van der Waals surface area (Å²) in [6, 6.07) is 3.52. The molecular weight excluding hydrogens is 270 g/mol. The van der Waals surface area contributed by atoms with E-state index in [9.17, 15) is 24.8 Å². The van der Waals surface area contributed by atoms with Gasteiger partial charge in [-0.25, -0.2) is 4.79 Å². The number of carbonyl (C=O) groups excluding carboxylic acids is 1. The highest BCUT2D eigenvalue weighted by Crippen LogP contribution is 2.29. The molecule has 0 aliphatic heterocycles. The van der Waals surface area contributed by atoms with Crippen molar-refractivity contribution in [1.82, 2.24) is 0 Å². The van der Waals surface area contributed by atoms with Crippen LogP contribution in [0.3, 0.4) is 0 Å². The van der Waals surface area contributed by atoms with Crippen molar-refractivity contribution < 1.29 is 29.5 Å². The Bertz CT molecular complexity index is 591. The van der Waals surface area contributed by atoms with Crippen LogP contribution < -0.4 is 4.74 Å². The standard InChI is InChI=1S/C12H11NO7/c1-2-20-11-4-3-7(5-8(11)13(18)19)9(14)6-10(15)12(16)17/h3-6,14H,2H2,1H3,(H,16,17). The maximum Gasteiger partial charge on any atom is 0.376 e. The summed E-state index contributed by atoms with van der Waals surface area (Å²) in [5.74, 6) is -3.74. The third-order valence-electron chi connectivity index (χ3n) is 2.23. The number of carboxylic acids is 1. The van der Waals surface area contributed by atoms with E-state index >= 15 is 0 Å². The molecule has 0 bridgehead atoms. The number of nitrogens with zero attached hydrogens (tertiary/aromatic N) is 1. The number of aliphatic hydroxyl groups is 1. The van der Waals surface area contributed by atoms with Crippen molar-refractivity contribution in [2.45, 2.75) is 6.92 Å². The largest absolute Gasteiger partial charge is 0.507 e. The quantitative estimate of drug-likeness (QED) is 0.266. The highest BCUT2D eigenvalue weighted by Gasteiger charge is 2.18. The van der Waals surface area contributed by atoms with Crippen molar-refractivity contribution >= 4 is 23.2 Å². The van der Waals surface area contributed by atoms with Gasteiger partial charge in [0.25, 0.3) is 5.78 Å². The molecule has 0 unspecified atom stereocenters. The van der Waals surface area contributed by atoms with Crippen molar-refractivity contribution in [1.29, 1.82) is 0 Å². The van der Waals surface area contributed by atoms with Crippen LogP contribution in [0.25, 0.3) is 5.76 Å². The molecule has 2 N–H and O–H groups in total. The van der Waals surface area contributed by atoms with Crippen molar-refractivity contribution in [3.63, 3.8) is 0 Å². The van der Waals surface area contributed by atoms with Crippen LogP contribution in [-0.2, 0) is 9.59 Å². The molecule has 8 heteroatoms. The van der Waals surface area contributed by atoms with Gasteiger partial charge < -0.3 is 14.9 Å². The number of aliphatic carboxylic acids is 1. The number of nitro groups is 1. The average molecular weight is 281 g/mol. The molecule has 0 aliphatic carbocycles. The molecular formula is C12H11NO7. The molecule has 0 saturated heterocycles. The fraction of sp³-hybridized carbons (Fsp3) is 0.167. The third kappa shape index (κ3) is 3.55. The molecule has 0 aliphatic rings. The van der Waals surface area contributed by atoms with Gasteiger partial charge in [0.1, 0.15) is 5.76 Å². The van der Waals surface area contributed by atoms with Gasteiger partial charge in [0.2, 0.25) is 0 Å². The first-order chi connectivity index (χ1) is 9.36. The maximum atomic E-state index is 10.9. The monoisotopic (exact) mass is 281 g/mol. The van der Waals surface area contributed by atoms with E-state index in [1.54, 1.807) is 6.92 Å². The predicted octanol–water partition coefficient (Wildman–Crippen LogP) is 1.55. The molecule has 1 aromatic rings. The van der Waals surface area contributed by atoms with E-state index in [1.165, 1.54) is 12.1 Å². The van der Waals surface area contributed by atoms with Crippen LogP contribution in [0.5, 0.6) is 5.75 Å². The molecule has 106 valence electrons. The number of carboxylic acid groups (broad SMARTS) is 1. The molecule has 0 fully saturated rings. The first-order valence-electron chi connectivity index (χ1n) is 5.46. The van der Waals surface area contributed by atoms with Gasteiger partial charge in [-0.1, -0.05) is 0 Å². The van der Waals surface area contributed by atoms with E-state index in [-0.39, 0.29) is 17.9 Å². The van der Waals surface area contributed by atoms with Gasteiger partial charge in [-0.15, -0.1) is 0 Å². The number of hydrogen-bond acceptors (Lipinski definition) is 6. The first kappa shape index (κ1) is 15.2. The summed E-state index contributed by atoms with van der Waals surface area (Å²) in [5, 5.41) is 28.8. The molecule has 0 spiro atoms. The molecule has 0 heterocycles. The number of rotatable bonds is 6. The van der Waals surface area contributed by atoms with Crippen LogP contribution in [0, 0.1) is 10.1 Å². The van der Waals surface area contributed by atoms with Crippen LogP contribution in [0.4, 0.5) is 5.69 Å². The first-order valence-corrected chi connectivity index (χ1v) is 5.46. The van der Waals surface area contributed by atoms with Crippen LogP contribution in [0.2, 0.25) is 0 Å². The molecule has 20 heavy (non-hydrogen) atoms. The second-order valence-electron chi connectivity index (χ2n) is 3.57. The second kappa shape index (κ2) is 6.32. The SMILES string of the molecule is CCOc1ccc(C(O)=CC(=O)C(=O)O)cc1[N+](=O)[O-]. The molecule has 8 nitrogen and oxygen atoms in total. The van der Waals surface area contributed by atoms with E-state index < -0.39 is 28.1 Å². The summed E-state index contributed by atoms with van der Waals surface area (Å²) in [4.78, 5) is 31.4. The van der Waals surface area contributed by atoms with Crippen molar-refractivity contribution in [3.8, 4) is 5.75 Å². The Morgan fingerprint density at radius 2 is 2.05 bits per heavy atom. The van der Waals surface area contributed by atoms with E-state index in [4.69, 9.17) is 9.84 Å². The number of carbonyl (C=O) groups is 2. The molecule has 0 saturated carbocycles. The summed E-state index contributed by atoms with van der Waals surface area (Å²) < 4.78 is 5.05. The average Bonchev–Trinajstić information content (AvgIpc) is 2.38. The van der Waals surface area contributed by atoms with Crippen molar-refractivity contribution in [2.75, 3.05) is 6.61 Å². The third-order valence-corrected chi connectivity index (χ3v) is 2.23. The van der Waals surface area contributed by atoms with Crippen LogP contribution in [0.15, 0.2) is 24.3 Å². The highest BCUT2D eigenvalue weighted by molar-refractivity contribution is 6.38. The molecule has 1 aromatic carbocycles. The van der Waals surface area contributed by atoms with Crippen LogP contribution in [-0.4, -0.2) is 33.5 Å². The Morgan fingerprint density at radius 1 is 1.40 bits per heavy atom. The summed E-state index contributed by atoms with van der Waals surface area (Å²) in [5.41, 5.74) is -0.457. The van der Waals surface area contributed by atoms with E-state index in [2.05, 4.69) is 0 Å². The lowest BCUT2D eigenvalue weighted by atomic mass is 10.1. The van der Waals surface area contributed by atoms with E-state index in [0.29, 0.717) is 6.08 Å². The topological polar surface area (TPSA) is 127 Å². The van der Waals surface area contributed by atoms with E-state index in [1.807, 2.05) is 0 Å². The van der Waals surface area contributed by atoms with Gasteiger partial charge in [0.15, 0.2) is 5.75 Å². The summed E-state index contributed by atoms with van der Waals surface area (Å²) in [6.07, 6.45) is 0.474. The Hall–Kier alpha value is -2.90. The zero-order valence-corrected chi connectivity index (χ0v) is 10.4. The van der Waals surface area contributed by atoms with Gasteiger partial charge in [0, 0.05) is 17.7 Å². The Labute approximate surface area is 113 Å². The van der Waals surface area contributed by atoms with Gasteiger partial charge in [-0.05, 0) is 19.1 Å². The Balaban J connectivity index is 3.21. The molecule has 0 aromatic heterocycles. The molecule has 0 atom stereocenters. The van der Waals surface area contributed by atoms with Gasteiger partial charge >= 0.3 is 11.7 Å². The summed E-state index contributed by atoms with van der Waals surface area (Å²) in [6.45, 7) is 1.88. The molecule has 0 radical (unpaired) electrons. The smallest absolute Gasteiger partial charge is 0.376 e. The number of hydrogen-bond donors (Lipinski definition) is 2. The molecule has 0 amide bonds. The van der Waals surface area contributed by atoms with Crippen LogP contribution in [0.1, 0.15) is 12.5 Å². The van der Waals surface area contributed by atoms with Gasteiger partial charge in [-0.3, -0.25) is 14.9 Å². The lowest BCUT2D eigenvalue weighted by Crippen LogP contribution is -2.09. The van der Waals surface area contributed by atoms with Crippen molar-refractivity contribution in [2.24, 2.45) is 0 Å². The summed E-state index contributed by atoms with van der Waals surface area (Å²) >= 11 is 0. The number of benzene rings is 1. The number of nitro benzene ring substituents is 1. The highest BCUT2D eigenvalue weighted by atomic mass is 16.6. The zero-order chi connectivity index (χ0) is 15.3. The second-order valence-corrected chi connectivity index (χ2v) is 3.57. The normalized spacial score (nSPS) is 10.9. The molecule has 1 rings (SSSR count). The lowest BCUT2D eigenvalue weighted by molar-refractivity contribution is -0.385. The minimum absolute atomic E-state index is 0.0126. The number of ketones is 1. The Kier molecular flexibility index (Phi) is 4.79. The Morgan fingerprint density at radius 3 is 2.55 bits per heavy atom. The maximum absolute atomic E-state index is 10.9. The zero-order valence-electron chi connectivity index (χ0n) is 10.4. The van der Waals surface area contributed by atoms with E-state index in [0.717, 1.165) is 6.07 Å². The fourth-order valence-electron chi connectivity index (χ4n) is 1.37.